The Bertz CT molecular complexity index is 645. The molecule has 4 heteroatoms. The van der Waals surface area contributed by atoms with Gasteiger partial charge in [-0.05, 0) is 17.2 Å². The van der Waals surface area contributed by atoms with Gasteiger partial charge >= 0.3 is 0 Å². The minimum Gasteiger partial charge on any atom is -0.282 e. The van der Waals surface area contributed by atoms with E-state index in [-0.39, 0.29) is 0 Å². The standard InChI is InChI=1S/C8H8O3S.C8H8/c9-12(10,11)7-6-8-4-2-1-3-5-8;1-2-8-6-4-3-5-7-8/h1-7H,(H,9,10,11);2-7H,1H2. The van der Waals surface area contributed by atoms with Crippen LogP contribution in [0.25, 0.3) is 12.2 Å². The summed E-state index contributed by atoms with van der Waals surface area (Å²) in [5.74, 6) is 0. The number of rotatable bonds is 3. The van der Waals surface area contributed by atoms with Gasteiger partial charge in [-0.1, -0.05) is 73.3 Å². The number of hydrogen-bond acceptors (Lipinski definition) is 2. The van der Waals surface area contributed by atoms with E-state index in [1.807, 2.05) is 42.5 Å². The zero-order valence-electron chi connectivity index (χ0n) is 10.9. The van der Waals surface area contributed by atoms with Crippen molar-refractivity contribution < 1.29 is 13.0 Å². The van der Waals surface area contributed by atoms with E-state index in [1.165, 1.54) is 11.6 Å². The summed E-state index contributed by atoms with van der Waals surface area (Å²) >= 11 is 0. The minimum absolute atomic E-state index is 0.732. The van der Waals surface area contributed by atoms with Crippen LogP contribution in [0.5, 0.6) is 0 Å². The number of hydrogen-bond donors (Lipinski definition) is 1. The normalized spacial score (nSPS) is 10.7. The fourth-order valence-corrected chi connectivity index (χ4v) is 1.65. The van der Waals surface area contributed by atoms with E-state index in [2.05, 4.69) is 6.58 Å². The van der Waals surface area contributed by atoms with Crippen LogP contribution < -0.4 is 0 Å². The highest BCUT2D eigenvalue weighted by molar-refractivity contribution is 7.88. The fourth-order valence-electron chi connectivity index (χ4n) is 1.32. The highest BCUT2D eigenvalue weighted by atomic mass is 32.2. The lowest BCUT2D eigenvalue weighted by Crippen LogP contribution is -1.88. The summed E-state index contributed by atoms with van der Waals surface area (Å²) in [5.41, 5.74) is 1.91. The van der Waals surface area contributed by atoms with Crippen molar-refractivity contribution in [3.05, 3.63) is 83.8 Å². The monoisotopic (exact) mass is 288 g/mol. The second kappa shape index (κ2) is 8.09. The van der Waals surface area contributed by atoms with E-state index < -0.39 is 10.1 Å². The molecule has 0 unspecified atom stereocenters. The Morgan fingerprint density at radius 1 is 0.850 bits per heavy atom. The van der Waals surface area contributed by atoms with Gasteiger partial charge in [0.25, 0.3) is 10.1 Å². The van der Waals surface area contributed by atoms with Crippen LogP contribution in [0.1, 0.15) is 11.1 Å². The highest BCUT2D eigenvalue weighted by Gasteiger charge is 1.94. The molecule has 0 spiro atoms. The first-order chi connectivity index (χ1) is 9.51. The van der Waals surface area contributed by atoms with Gasteiger partial charge in [0.2, 0.25) is 0 Å². The molecule has 0 fully saturated rings. The molecule has 2 aromatic carbocycles. The van der Waals surface area contributed by atoms with Crippen LogP contribution in [0.15, 0.2) is 72.7 Å². The molecule has 2 rings (SSSR count). The van der Waals surface area contributed by atoms with Crippen molar-refractivity contribution in [1.29, 1.82) is 0 Å². The van der Waals surface area contributed by atoms with Crippen molar-refractivity contribution in [3.63, 3.8) is 0 Å². The Morgan fingerprint density at radius 3 is 1.65 bits per heavy atom. The zero-order valence-corrected chi connectivity index (χ0v) is 11.7. The molecule has 0 amide bonds. The third-order valence-corrected chi connectivity index (χ3v) is 2.75. The second-order valence-electron chi connectivity index (χ2n) is 3.84. The molecular formula is C16H16O3S. The smallest absolute Gasteiger partial charge is 0.282 e. The average Bonchev–Trinajstić information content (AvgIpc) is 2.47. The Balaban J connectivity index is 0.000000217. The van der Waals surface area contributed by atoms with Gasteiger partial charge in [-0.2, -0.15) is 8.42 Å². The van der Waals surface area contributed by atoms with Gasteiger partial charge in [0.05, 0.1) is 5.41 Å². The van der Waals surface area contributed by atoms with Crippen molar-refractivity contribution in [1.82, 2.24) is 0 Å². The molecule has 2 aromatic rings. The maximum Gasteiger partial charge on any atom is 0.287 e. The van der Waals surface area contributed by atoms with Gasteiger partial charge in [-0.25, -0.2) is 0 Å². The van der Waals surface area contributed by atoms with Gasteiger partial charge in [-0.3, -0.25) is 4.55 Å². The van der Waals surface area contributed by atoms with Gasteiger partial charge < -0.3 is 0 Å². The Morgan fingerprint density at radius 2 is 1.30 bits per heavy atom. The first kappa shape index (κ1) is 15.9. The third kappa shape index (κ3) is 7.31. The lowest BCUT2D eigenvalue weighted by atomic mass is 10.2. The molecule has 20 heavy (non-hydrogen) atoms. The predicted molar refractivity (Wildman–Crippen MR) is 83.6 cm³/mol. The van der Waals surface area contributed by atoms with Crippen LogP contribution in [0.4, 0.5) is 0 Å². The van der Waals surface area contributed by atoms with Crippen LogP contribution >= 0.6 is 0 Å². The molecular weight excluding hydrogens is 272 g/mol. The van der Waals surface area contributed by atoms with E-state index in [1.54, 1.807) is 24.3 Å². The molecule has 0 radical (unpaired) electrons. The summed E-state index contributed by atoms with van der Waals surface area (Å²) in [4.78, 5) is 0. The van der Waals surface area contributed by atoms with Crippen LogP contribution in [-0.2, 0) is 10.1 Å². The predicted octanol–water partition coefficient (Wildman–Crippen LogP) is 3.87. The fraction of sp³-hybridized carbons (Fsp3) is 0. The van der Waals surface area contributed by atoms with Gasteiger partial charge in [-0.15, -0.1) is 0 Å². The molecule has 0 saturated carbocycles. The molecule has 0 aliphatic carbocycles. The summed E-state index contributed by atoms with van der Waals surface area (Å²) in [6.07, 6.45) is 3.16. The Hall–Kier alpha value is -2.17. The Labute approximate surface area is 119 Å². The van der Waals surface area contributed by atoms with Crippen molar-refractivity contribution in [2.24, 2.45) is 0 Å². The van der Waals surface area contributed by atoms with Crippen LogP contribution in [0.3, 0.4) is 0 Å². The first-order valence-corrected chi connectivity index (χ1v) is 7.40. The SMILES string of the molecule is C=Cc1ccccc1.O=S(=O)(O)C=Cc1ccccc1. The quantitative estimate of drug-likeness (QED) is 0.872. The molecule has 0 bridgehead atoms. The van der Waals surface area contributed by atoms with Crippen LogP contribution in [0.2, 0.25) is 0 Å². The van der Waals surface area contributed by atoms with Gasteiger partial charge in [0.15, 0.2) is 0 Å². The zero-order chi connectivity index (χ0) is 14.8. The van der Waals surface area contributed by atoms with Gasteiger partial charge in [0.1, 0.15) is 0 Å². The van der Waals surface area contributed by atoms with E-state index >= 15 is 0 Å². The maximum absolute atomic E-state index is 10.3. The van der Waals surface area contributed by atoms with E-state index in [9.17, 15) is 8.42 Å². The topological polar surface area (TPSA) is 54.4 Å². The minimum atomic E-state index is -4.00. The highest BCUT2D eigenvalue weighted by Crippen LogP contribution is 2.02. The van der Waals surface area contributed by atoms with Crippen LogP contribution in [0, 0.1) is 0 Å². The van der Waals surface area contributed by atoms with E-state index in [0.29, 0.717) is 0 Å². The van der Waals surface area contributed by atoms with Crippen molar-refractivity contribution in [3.8, 4) is 0 Å². The van der Waals surface area contributed by atoms with Crippen molar-refractivity contribution in [2.45, 2.75) is 0 Å². The maximum atomic E-state index is 10.3. The largest absolute Gasteiger partial charge is 0.287 e. The lowest BCUT2D eigenvalue weighted by Gasteiger charge is -1.89. The molecule has 0 aromatic heterocycles. The van der Waals surface area contributed by atoms with Crippen molar-refractivity contribution >= 4 is 22.3 Å². The molecule has 0 saturated heterocycles. The molecule has 0 heterocycles. The number of benzene rings is 2. The molecule has 0 aliphatic rings. The van der Waals surface area contributed by atoms with E-state index in [4.69, 9.17) is 4.55 Å². The lowest BCUT2D eigenvalue weighted by molar-refractivity contribution is 0.494. The Kier molecular flexibility index (Phi) is 6.43. The first-order valence-electron chi connectivity index (χ1n) is 5.89. The summed E-state index contributed by atoms with van der Waals surface area (Å²) in [6, 6.07) is 18.9. The summed E-state index contributed by atoms with van der Waals surface area (Å²) in [5, 5.41) is 0.752. The van der Waals surface area contributed by atoms with E-state index in [0.717, 1.165) is 11.0 Å². The molecule has 104 valence electrons. The third-order valence-electron chi connectivity index (χ3n) is 2.27. The second-order valence-corrected chi connectivity index (χ2v) is 5.15. The van der Waals surface area contributed by atoms with Crippen LogP contribution in [-0.4, -0.2) is 13.0 Å². The average molecular weight is 288 g/mol. The molecule has 0 atom stereocenters. The molecule has 0 aliphatic heterocycles. The van der Waals surface area contributed by atoms with Crippen molar-refractivity contribution in [2.75, 3.05) is 0 Å². The molecule has 3 nitrogen and oxygen atoms in total. The summed E-state index contributed by atoms with van der Waals surface area (Å²) in [7, 11) is -4.00. The van der Waals surface area contributed by atoms with Gasteiger partial charge in [0, 0.05) is 0 Å². The molecule has 1 N–H and O–H groups in total. The summed E-state index contributed by atoms with van der Waals surface area (Å²) in [6.45, 7) is 3.63. The summed E-state index contributed by atoms with van der Waals surface area (Å²) < 4.78 is 28.9.